The van der Waals surface area contributed by atoms with Crippen molar-refractivity contribution < 1.29 is 14.3 Å². The quantitative estimate of drug-likeness (QED) is 0.308. The molecular weight excluding hydrogens is 346 g/mol. The van der Waals surface area contributed by atoms with Gasteiger partial charge in [0.2, 0.25) is 5.91 Å². The number of methoxy groups -OCH3 is 1. The van der Waals surface area contributed by atoms with E-state index < -0.39 is 0 Å². The zero-order chi connectivity index (χ0) is 20.0. The summed E-state index contributed by atoms with van der Waals surface area (Å²) >= 11 is 0. The summed E-state index contributed by atoms with van der Waals surface area (Å²) in [6.45, 7) is 6.19. The first-order valence-corrected chi connectivity index (χ1v) is 9.87. The molecular formula is C19H35N5O3. The third kappa shape index (κ3) is 5.34. The molecule has 0 aromatic rings. The van der Waals surface area contributed by atoms with E-state index in [1.165, 1.54) is 7.11 Å². The molecule has 0 spiro atoms. The van der Waals surface area contributed by atoms with E-state index in [4.69, 9.17) is 4.74 Å². The Balaban J connectivity index is 1.77. The minimum Gasteiger partial charge on any atom is -0.469 e. The highest BCUT2D eigenvalue weighted by atomic mass is 16.5. The Morgan fingerprint density at radius 3 is 2.67 bits per heavy atom. The average Bonchev–Trinajstić information content (AvgIpc) is 3.27. The van der Waals surface area contributed by atoms with E-state index in [-0.39, 0.29) is 29.8 Å². The van der Waals surface area contributed by atoms with E-state index in [9.17, 15) is 9.59 Å². The number of guanidine groups is 1. The van der Waals surface area contributed by atoms with E-state index in [0.29, 0.717) is 6.54 Å². The second-order valence-corrected chi connectivity index (χ2v) is 7.77. The van der Waals surface area contributed by atoms with E-state index in [2.05, 4.69) is 27.0 Å². The van der Waals surface area contributed by atoms with Gasteiger partial charge in [0, 0.05) is 47.3 Å². The van der Waals surface area contributed by atoms with Gasteiger partial charge in [-0.05, 0) is 31.7 Å². The number of esters is 1. The molecule has 0 aromatic heterocycles. The second kappa shape index (κ2) is 9.92. The lowest BCUT2D eigenvalue weighted by molar-refractivity contribution is -0.146. The largest absolute Gasteiger partial charge is 0.469 e. The van der Waals surface area contributed by atoms with Crippen LogP contribution in [0.15, 0.2) is 4.99 Å². The lowest BCUT2D eigenvalue weighted by Crippen LogP contribution is -2.44. The molecule has 2 aliphatic heterocycles. The molecule has 3 unspecified atom stereocenters. The van der Waals surface area contributed by atoms with Crippen LogP contribution in [0.5, 0.6) is 0 Å². The SMILES string of the molecule is CN=C(NCCCN1CCCC1C(=O)N(C)C)N1CC(C)C(C(=O)OC)C1. The molecule has 0 bridgehead atoms. The molecule has 3 atom stereocenters. The Kier molecular flexibility index (Phi) is 7.89. The molecule has 2 fully saturated rings. The third-order valence-corrected chi connectivity index (χ3v) is 5.62. The molecule has 0 aromatic carbocycles. The number of hydrogen-bond donors (Lipinski definition) is 1. The highest BCUT2D eigenvalue weighted by Crippen LogP contribution is 2.24. The molecule has 2 rings (SSSR count). The Bertz CT molecular complexity index is 551. The molecule has 1 N–H and O–H groups in total. The van der Waals surface area contributed by atoms with Crippen LogP contribution >= 0.6 is 0 Å². The first-order chi connectivity index (χ1) is 12.9. The fourth-order valence-electron chi connectivity index (χ4n) is 4.08. The zero-order valence-corrected chi connectivity index (χ0v) is 17.4. The van der Waals surface area contributed by atoms with E-state index >= 15 is 0 Å². The number of nitrogens with zero attached hydrogens (tertiary/aromatic N) is 4. The van der Waals surface area contributed by atoms with Crippen LogP contribution in [0.4, 0.5) is 0 Å². The van der Waals surface area contributed by atoms with E-state index in [1.807, 2.05) is 14.1 Å². The number of carbonyl (C=O) groups excluding carboxylic acids is 2. The van der Waals surface area contributed by atoms with Gasteiger partial charge in [0.15, 0.2) is 5.96 Å². The van der Waals surface area contributed by atoms with Crippen LogP contribution in [0.3, 0.4) is 0 Å². The number of nitrogens with one attached hydrogen (secondary N) is 1. The van der Waals surface area contributed by atoms with Crippen LogP contribution in [0.1, 0.15) is 26.2 Å². The maximum atomic E-state index is 12.3. The molecule has 2 heterocycles. The van der Waals surface area contributed by atoms with E-state index in [0.717, 1.165) is 51.4 Å². The van der Waals surface area contributed by atoms with Crippen molar-refractivity contribution in [2.45, 2.75) is 32.2 Å². The lowest BCUT2D eigenvalue weighted by atomic mass is 9.99. The summed E-state index contributed by atoms with van der Waals surface area (Å²) in [4.78, 5) is 34.6. The molecule has 2 saturated heterocycles. The smallest absolute Gasteiger partial charge is 0.310 e. The monoisotopic (exact) mass is 381 g/mol. The number of rotatable bonds is 6. The molecule has 8 heteroatoms. The summed E-state index contributed by atoms with van der Waals surface area (Å²) in [5.74, 6) is 1.03. The summed E-state index contributed by atoms with van der Waals surface area (Å²) < 4.78 is 4.91. The van der Waals surface area contributed by atoms with Gasteiger partial charge in [0.25, 0.3) is 0 Å². The van der Waals surface area contributed by atoms with Gasteiger partial charge in [-0.15, -0.1) is 0 Å². The number of ether oxygens (including phenoxy) is 1. The Labute approximate surface area is 162 Å². The van der Waals surface area contributed by atoms with Gasteiger partial charge in [-0.2, -0.15) is 0 Å². The summed E-state index contributed by atoms with van der Waals surface area (Å²) in [6.07, 6.45) is 2.98. The van der Waals surface area contributed by atoms with Gasteiger partial charge >= 0.3 is 5.97 Å². The topological polar surface area (TPSA) is 77.5 Å². The van der Waals surface area contributed by atoms with Crippen molar-refractivity contribution in [3.05, 3.63) is 0 Å². The minimum atomic E-state index is -0.147. The summed E-state index contributed by atoms with van der Waals surface area (Å²) in [5.41, 5.74) is 0. The van der Waals surface area contributed by atoms with Crippen LogP contribution < -0.4 is 5.32 Å². The van der Waals surface area contributed by atoms with Crippen molar-refractivity contribution in [2.24, 2.45) is 16.8 Å². The second-order valence-electron chi connectivity index (χ2n) is 7.77. The predicted molar refractivity (Wildman–Crippen MR) is 106 cm³/mol. The average molecular weight is 382 g/mol. The number of hydrogen-bond acceptors (Lipinski definition) is 5. The van der Waals surface area contributed by atoms with E-state index in [1.54, 1.807) is 11.9 Å². The van der Waals surface area contributed by atoms with Crippen LogP contribution in [-0.2, 0) is 14.3 Å². The van der Waals surface area contributed by atoms with Gasteiger partial charge < -0.3 is 19.9 Å². The molecule has 1 amide bonds. The first kappa shape index (κ1) is 21.5. The third-order valence-electron chi connectivity index (χ3n) is 5.62. The highest BCUT2D eigenvalue weighted by molar-refractivity contribution is 5.82. The highest BCUT2D eigenvalue weighted by Gasteiger charge is 2.37. The Morgan fingerprint density at radius 1 is 1.30 bits per heavy atom. The number of likely N-dealkylation sites (N-methyl/N-ethyl adjacent to an activating group) is 1. The van der Waals surface area contributed by atoms with Crippen molar-refractivity contribution in [1.82, 2.24) is 20.0 Å². The zero-order valence-electron chi connectivity index (χ0n) is 17.4. The fraction of sp³-hybridized carbons (Fsp3) is 0.842. The standard InChI is InChI=1S/C19H35N5O3/c1-14-12-24(13-15(14)18(26)27-5)19(20-2)21-9-7-11-23-10-6-8-16(23)17(25)22(3)4/h14-16H,6-13H2,1-5H3,(H,20,21). The van der Waals surface area contributed by atoms with Gasteiger partial charge in [-0.25, -0.2) is 0 Å². The van der Waals surface area contributed by atoms with Gasteiger partial charge in [0.1, 0.15) is 0 Å². The van der Waals surface area contributed by atoms with Crippen LogP contribution in [0.25, 0.3) is 0 Å². The normalized spacial score (nSPS) is 26.3. The van der Waals surface area contributed by atoms with Crippen LogP contribution in [0.2, 0.25) is 0 Å². The first-order valence-electron chi connectivity index (χ1n) is 9.87. The van der Waals surface area contributed by atoms with Gasteiger partial charge in [-0.3, -0.25) is 19.5 Å². The molecule has 8 nitrogen and oxygen atoms in total. The fourth-order valence-corrected chi connectivity index (χ4v) is 4.08. The van der Waals surface area contributed by atoms with Crippen LogP contribution in [0, 0.1) is 11.8 Å². The molecule has 154 valence electrons. The number of aliphatic imine (C=N–C) groups is 1. The maximum absolute atomic E-state index is 12.3. The molecule has 0 aliphatic carbocycles. The van der Waals surface area contributed by atoms with Crippen molar-refractivity contribution in [2.75, 3.05) is 61.0 Å². The van der Waals surface area contributed by atoms with Crippen molar-refractivity contribution in [3.63, 3.8) is 0 Å². The molecule has 2 aliphatic rings. The molecule has 27 heavy (non-hydrogen) atoms. The molecule has 0 saturated carbocycles. The summed E-state index contributed by atoms with van der Waals surface area (Å²) in [7, 11) is 6.86. The number of carbonyl (C=O) groups is 2. The Morgan fingerprint density at radius 2 is 2.04 bits per heavy atom. The summed E-state index contributed by atoms with van der Waals surface area (Å²) in [6, 6.07) is 0.0274. The minimum absolute atomic E-state index is 0.0274. The predicted octanol–water partition coefficient (Wildman–Crippen LogP) is 0.245. The molecule has 0 radical (unpaired) electrons. The number of likely N-dealkylation sites (tertiary alicyclic amines) is 2. The van der Waals surface area contributed by atoms with Crippen molar-refractivity contribution in [3.8, 4) is 0 Å². The lowest BCUT2D eigenvalue weighted by Gasteiger charge is -2.26. The maximum Gasteiger partial charge on any atom is 0.310 e. The Hall–Kier alpha value is -1.83. The number of amides is 1. The van der Waals surface area contributed by atoms with Crippen molar-refractivity contribution >= 4 is 17.8 Å². The van der Waals surface area contributed by atoms with Gasteiger partial charge in [-0.1, -0.05) is 6.92 Å². The van der Waals surface area contributed by atoms with Crippen molar-refractivity contribution in [1.29, 1.82) is 0 Å². The van der Waals surface area contributed by atoms with Crippen LogP contribution in [-0.4, -0.2) is 99.6 Å². The van der Waals surface area contributed by atoms with Gasteiger partial charge in [0.05, 0.1) is 19.1 Å². The summed E-state index contributed by atoms with van der Waals surface area (Å²) in [5, 5.41) is 3.40.